The number of hydrogen-bond donors (Lipinski definition) is 1. The summed E-state index contributed by atoms with van der Waals surface area (Å²) in [5, 5.41) is 3.69. The minimum Gasteiger partial charge on any atom is -0.492 e. The van der Waals surface area contributed by atoms with Crippen molar-refractivity contribution in [1.29, 1.82) is 0 Å². The van der Waals surface area contributed by atoms with Crippen LogP contribution >= 0.6 is 0 Å². The average Bonchev–Trinajstić information content (AvgIpc) is 3.07. The molecule has 1 saturated carbocycles. The summed E-state index contributed by atoms with van der Waals surface area (Å²) < 4.78 is 12.2. The van der Waals surface area contributed by atoms with Crippen LogP contribution in [-0.4, -0.2) is 18.8 Å². The van der Waals surface area contributed by atoms with Crippen LogP contribution in [0.5, 0.6) is 11.5 Å². The predicted molar refractivity (Wildman–Crippen MR) is 95.6 cm³/mol. The maximum absolute atomic E-state index is 6.42. The molecule has 1 atom stereocenters. The number of hydrogen-bond acceptors (Lipinski definition) is 3. The zero-order valence-electron chi connectivity index (χ0n) is 14.0. The van der Waals surface area contributed by atoms with Gasteiger partial charge in [0.1, 0.15) is 23.7 Å². The van der Waals surface area contributed by atoms with Crippen molar-refractivity contribution in [3.8, 4) is 11.5 Å². The molecule has 1 N–H and O–H groups in total. The SMILES string of the molecule is c1ccc(OCCNC2CC3(CCCC3)Oc3ccccc32)cc1. The molecule has 0 radical (unpaired) electrons. The zero-order chi connectivity index (χ0) is 16.2. The second-order valence-corrected chi connectivity index (χ2v) is 6.90. The van der Waals surface area contributed by atoms with Crippen molar-refractivity contribution in [2.75, 3.05) is 13.2 Å². The molecule has 126 valence electrons. The first kappa shape index (κ1) is 15.5. The van der Waals surface area contributed by atoms with Crippen LogP contribution < -0.4 is 14.8 Å². The number of rotatable bonds is 5. The van der Waals surface area contributed by atoms with E-state index in [-0.39, 0.29) is 5.60 Å². The van der Waals surface area contributed by atoms with Gasteiger partial charge in [-0.15, -0.1) is 0 Å². The van der Waals surface area contributed by atoms with Crippen LogP contribution in [0.1, 0.15) is 43.7 Å². The van der Waals surface area contributed by atoms with Crippen molar-refractivity contribution >= 4 is 0 Å². The lowest BCUT2D eigenvalue weighted by Gasteiger charge is -2.40. The zero-order valence-corrected chi connectivity index (χ0v) is 14.0. The summed E-state index contributed by atoms with van der Waals surface area (Å²) in [6, 6.07) is 18.8. The van der Waals surface area contributed by atoms with Gasteiger partial charge in [-0.1, -0.05) is 36.4 Å². The molecule has 1 aliphatic heterocycles. The summed E-state index contributed by atoms with van der Waals surface area (Å²) in [6.07, 6.45) is 5.99. The van der Waals surface area contributed by atoms with Crippen LogP contribution in [0.15, 0.2) is 54.6 Å². The Bertz CT molecular complexity index is 665. The standard InChI is InChI=1S/C21H25NO2/c1-2-8-17(9-3-1)23-15-14-22-19-16-21(12-6-7-13-21)24-20-11-5-4-10-18(19)20/h1-5,8-11,19,22H,6-7,12-16H2. The number of ether oxygens (including phenoxy) is 2. The molecule has 0 bridgehead atoms. The van der Waals surface area contributed by atoms with E-state index in [0.29, 0.717) is 12.6 Å². The lowest BCUT2D eigenvalue weighted by atomic mass is 9.86. The highest BCUT2D eigenvalue weighted by Crippen LogP contribution is 2.46. The molecule has 2 aliphatic rings. The van der Waals surface area contributed by atoms with Gasteiger partial charge in [-0.25, -0.2) is 0 Å². The highest BCUT2D eigenvalue weighted by molar-refractivity contribution is 5.39. The van der Waals surface area contributed by atoms with Gasteiger partial charge in [0, 0.05) is 24.6 Å². The van der Waals surface area contributed by atoms with Crippen LogP contribution in [0.3, 0.4) is 0 Å². The fraction of sp³-hybridized carbons (Fsp3) is 0.429. The molecule has 3 heteroatoms. The molecular formula is C21H25NO2. The quantitative estimate of drug-likeness (QED) is 0.822. The maximum Gasteiger partial charge on any atom is 0.124 e. The van der Waals surface area contributed by atoms with Gasteiger partial charge in [-0.3, -0.25) is 0 Å². The first-order valence-corrected chi connectivity index (χ1v) is 9.04. The van der Waals surface area contributed by atoms with Gasteiger partial charge < -0.3 is 14.8 Å². The topological polar surface area (TPSA) is 30.5 Å². The second-order valence-electron chi connectivity index (χ2n) is 6.90. The van der Waals surface area contributed by atoms with Crippen LogP contribution in [0.2, 0.25) is 0 Å². The molecule has 2 aromatic rings. The van der Waals surface area contributed by atoms with Gasteiger partial charge in [0.15, 0.2) is 0 Å². The molecular weight excluding hydrogens is 298 g/mol. The molecule has 4 rings (SSSR count). The third-order valence-corrected chi connectivity index (χ3v) is 5.22. The highest BCUT2D eigenvalue weighted by atomic mass is 16.5. The first-order chi connectivity index (χ1) is 11.8. The van der Waals surface area contributed by atoms with Crippen LogP contribution in [-0.2, 0) is 0 Å². The van der Waals surface area contributed by atoms with Gasteiger partial charge in [0.25, 0.3) is 0 Å². The molecule has 1 spiro atoms. The molecule has 0 aromatic heterocycles. The molecule has 24 heavy (non-hydrogen) atoms. The van der Waals surface area contributed by atoms with Crippen molar-refractivity contribution in [3.63, 3.8) is 0 Å². The minimum atomic E-state index is 0.0479. The predicted octanol–water partition coefficient (Wildman–Crippen LogP) is 4.49. The van der Waals surface area contributed by atoms with Crippen molar-refractivity contribution < 1.29 is 9.47 Å². The Morgan fingerprint density at radius 2 is 1.75 bits per heavy atom. The molecule has 1 fully saturated rings. The van der Waals surface area contributed by atoms with E-state index in [1.54, 1.807) is 0 Å². The van der Waals surface area contributed by atoms with E-state index >= 15 is 0 Å². The summed E-state index contributed by atoms with van der Waals surface area (Å²) in [5.74, 6) is 1.99. The fourth-order valence-electron chi connectivity index (χ4n) is 4.04. The Kier molecular flexibility index (Phi) is 4.44. The Hall–Kier alpha value is -2.00. The summed E-state index contributed by atoms with van der Waals surface area (Å²) in [6.45, 7) is 1.51. The monoisotopic (exact) mass is 323 g/mol. The van der Waals surface area contributed by atoms with Crippen molar-refractivity contribution in [3.05, 3.63) is 60.2 Å². The summed E-state index contributed by atoms with van der Waals surface area (Å²) in [4.78, 5) is 0. The fourth-order valence-corrected chi connectivity index (χ4v) is 4.04. The van der Waals surface area contributed by atoms with E-state index in [1.807, 2.05) is 30.3 Å². The average molecular weight is 323 g/mol. The van der Waals surface area contributed by atoms with Crippen LogP contribution in [0.25, 0.3) is 0 Å². The first-order valence-electron chi connectivity index (χ1n) is 9.04. The van der Waals surface area contributed by atoms with E-state index in [1.165, 1.54) is 31.2 Å². The van der Waals surface area contributed by atoms with E-state index in [9.17, 15) is 0 Å². The lowest BCUT2D eigenvalue weighted by Crippen LogP contribution is -2.42. The number of fused-ring (bicyclic) bond motifs is 1. The molecule has 1 heterocycles. The van der Waals surface area contributed by atoms with Gasteiger partial charge in [-0.2, -0.15) is 0 Å². The van der Waals surface area contributed by atoms with E-state index in [4.69, 9.17) is 9.47 Å². The molecule has 0 saturated heterocycles. The number of nitrogens with one attached hydrogen (secondary N) is 1. The lowest BCUT2D eigenvalue weighted by molar-refractivity contribution is 0.0362. The largest absolute Gasteiger partial charge is 0.492 e. The van der Waals surface area contributed by atoms with E-state index in [0.717, 1.165) is 24.5 Å². The summed E-state index contributed by atoms with van der Waals surface area (Å²) in [5.41, 5.74) is 1.33. The molecule has 0 amide bonds. The molecule has 2 aromatic carbocycles. The van der Waals surface area contributed by atoms with Crippen LogP contribution in [0, 0.1) is 0 Å². The van der Waals surface area contributed by atoms with E-state index in [2.05, 4.69) is 29.6 Å². The Morgan fingerprint density at radius 1 is 1.00 bits per heavy atom. The minimum absolute atomic E-state index is 0.0479. The smallest absolute Gasteiger partial charge is 0.124 e. The van der Waals surface area contributed by atoms with Gasteiger partial charge in [0.2, 0.25) is 0 Å². The maximum atomic E-state index is 6.42. The normalized spacial score (nSPS) is 21.2. The van der Waals surface area contributed by atoms with Crippen molar-refractivity contribution in [1.82, 2.24) is 5.32 Å². The van der Waals surface area contributed by atoms with Gasteiger partial charge in [-0.05, 0) is 43.9 Å². The van der Waals surface area contributed by atoms with Crippen LogP contribution in [0.4, 0.5) is 0 Å². The summed E-state index contributed by atoms with van der Waals surface area (Å²) in [7, 11) is 0. The van der Waals surface area contributed by atoms with Crippen molar-refractivity contribution in [2.24, 2.45) is 0 Å². The van der Waals surface area contributed by atoms with Crippen molar-refractivity contribution in [2.45, 2.75) is 43.7 Å². The summed E-state index contributed by atoms with van der Waals surface area (Å²) >= 11 is 0. The number of para-hydroxylation sites is 2. The highest BCUT2D eigenvalue weighted by Gasteiger charge is 2.42. The Labute approximate surface area is 144 Å². The third kappa shape index (κ3) is 3.27. The van der Waals surface area contributed by atoms with Gasteiger partial charge in [0.05, 0.1) is 0 Å². The molecule has 3 nitrogen and oxygen atoms in total. The van der Waals surface area contributed by atoms with E-state index < -0.39 is 0 Å². The third-order valence-electron chi connectivity index (χ3n) is 5.22. The molecule has 1 aliphatic carbocycles. The molecule has 1 unspecified atom stereocenters. The second kappa shape index (κ2) is 6.86. The Morgan fingerprint density at radius 3 is 2.58 bits per heavy atom. The van der Waals surface area contributed by atoms with Gasteiger partial charge >= 0.3 is 0 Å². The number of benzene rings is 2. The Balaban J connectivity index is 1.40.